The van der Waals surface area contributed by atoms with Crippen molar-refractivity contribution in [2.24, 2.45) is 0 Å². The van der Waals surface area contributed by atoms with Crippen molar-refractivity contribution >= 4 is 29.3 Å². The van der Waals surface area contributed by atoms with E-state index in [1.807, 2.05) is 36.4 Å². The second-order valence-corrected chi connectivity index (χ2v) is 6.28. The topological polar surface area (TPSA) is 47.6 Å². The van der Waals surface area contributed by atoms with E-state index in [0.717, 1.165) is 30.8 Å². The van der Waals surface area contributed by atoms with E-state index in [4.69, 9.17) is 21.1 Å². The van der Waals surface area contributed by atoms with Crippen molar-refractivity contribution in [3.63, 3.8) is 0 Å². The van der Waals surface area contributed by atoms with Crippen molar-refractivity contribution in [1.82, 2.24) is 0 Å². The quantitative estimate of drug-likeness (QED) is 0.771. The standard InChI is InChI=1S/C20H20ClNO3/c21-16-9-6-15(7-10-16)8-11-20(23)22-17-3-1-4-18(13-17)25-14-19-5-2-12-24-19/h1,3-4,6-11,13,19H,2,5,12,14H2,(H,22,23)/b11-8+. The predicted octanol–water partition coefficient (Wildman–Crippen LogP) is 4.55. The zero-order valence-corrected chi connectivity index (χ0v) is 14.5. The number of hydrogen-bond acceptors (Lipinski definition) is 3. The van der Waals surface area contributed by atoms with E-state index < -0.39 is 0 Å². The monoisotopic (exact) mass is 357 g/mol. The minimum Gasteiger partial charge on any atom is -0.491 e. The van der Waals surface area contributed by atoms with Crippen molar-refractivity contribution in [1.29, 1.82) is 0 Å². The fourth-order valence-corrected chi connectivity index (χ4v) is 2.68. The molecule has 5 heteroatoms. The number of ether oxygens (including phenoxy) is 2. The Bertz CT molecular complexity index is 737. The average Bonchev–Trinajstić information content (AvgIpc) is 3.13. The van der Waals surface area contributed by atoms with E-state index in [9.17, 15) is 4.79 Å². The zero-order valence-electron chi connectivity index (χ0n) is 13.8. The van der Waals surface area contributed by atoms with Gasteiger partial charge in [0.15, 0.2) is 0 Å². The number of anilines is 1. The number of carbonyl (C=O) groups excluding carboxylic acids is 1. The second kappa shape index (κ2) is 8.70. The maximum absolute atomic E-state index is 12.0. The van der Waals surface area contributed by atoms with Crippen LogP contribution in [-0.4, -0.2) is 25.2 Å². The molecule has 25 heavy (non-hydrogen) atoms. The van der Waals surface area contributed by atoms with Gasteiger partial charge in [0.2, 0.25) is 5.91 Å². The zero-order chi connectivity index (χ0) is 17.5. The lowest BCUT2D eigenvalue weighted by Gasteiger charge is -2.12. The van der Waals surface area contributed by atoms with Gasteiger partial charge in [0, 0.05) is 29.5 Å². The molecule has 1 N–H and O–H groups in total. The van der Waals surface area contributed by atoms with Gasteiger partial charge in [0.25, 0.3) is 0 Å². The van der Waals surface area contributed by atoms with Gasteiger partial charge in [-0.05, 0) is 48.7 Å². The molecule has 2 aromatic rings. The normalized spacial score (nSPS) is 16.9. The van der Waals surface area contributed by atoms with Crippen molar-refractivity contribution in [3.05, 3.63) is 65.2 Å². The van der Waals surface area contributed by atoms with E-state index in [2.05, 4.69) is 5.32 Å². The van der Waals surface area contributed by atoms with Crippen LogP contribution in [0, 0.1) is 0 Å². The van der Waals surface area contributed by atoms with E-state index >= 15 is 0 Å². The van der Waals surface area contributed by atoms with Crippen LogP contribution in [-0.2, 0) is 9.53 Å². The summed E-state index contributed by atoms with van der Waals surface area (Å²) < 4.78 is 11.3. The van der Waals surface area contributed by atoms with E-state index in [1.165, 1.54) is 6.08 Å². The van der Waals surface area contributed by atoms with Gasteiger partial charge in [0.05, 0.1) is 6.10 Å². The fraction of sp³-hybridized carbons (Fsp3) is 0.250. The van der Waals surface area contributed by atoms with Gasteiger partial charge >= 0.3 is 0 Å². The molecular formula is C20H20ClNO3. The molecule has 1 heterocycles. The first kappa shape index (κ1) is 17.5. The van der Waals surface area contributed by atoms with Crippen LogP contribution in [0.4, 0.5) is 5.69 Å². The number of rotatable bonds is 6. The smallest absolute Gasteiger partial charge is 0.248 e. The van der Waals surface area contributed by atoms with Gasteiger partial charge in [-0.1, -0.05) is 29.8 Å². The molecular weight excluding hydrogens is 338 g/mol. The van der Waals surface area contributed by atoms with Crippen LogP contribution < -0.4 is 10.1 Å². The summed E-state index contributed by atoms with van der Waals surface area (Å²) in [4.78, 5) is 12.0. The Morgan fingerprint density at radius 1 is 1.28 bits per heavy atom. The molecule has 1 saturated heterocycles. The molecule has 0 radical (unpaired) electrons. The van der Waals surface area contributed by atoms with Crippen LogP contribution in [0.1, 0.15) is 18.4 Å². The fourth-order valence-electron chi connectivity index (χ4n) is 2.56. The number of amides is 1. The van der Waals surface area contributed by atoms with Gasteiger partial charge in [-0.3, -0.25) is 4.79 Å². The summed E-state index contributed by atoms with van der Waals surface area (Å²) in [6, 6.07) is 14.6. The molecule has 1 aliphatic heterocycles. The highest BCUT2D eigenvalue weighted by Crippen LogP contribution is 2.20. The summed E-state index contributed by atoms with van der Waals surface area (Å²) in [6.07, 6.45) is 5.52. The van der Waals surface area contributed by atoms with Crippen molar-refractivity contribution in [2.45, 2.75) is 18.9 Å². The lowest BCUT2D eigenvalue weighted by Crippen LogP contribution is -2.16. The summed E-state index contributed by atoms with van der Waals surface area (Å²) >= 11 is 5.84. The lowest BCUT2D eigenvalue weighted by molar-refractivity contribution is -0.111. The van der Waals surface area contributed by atoms with Gasteiger partial charge in [0.1, 0.15) is 12.4 Å². The molecule has 0 saturated carbocycles. The van der Waals surface area contributed by atoms with E-state index in [1.54, 1.807) is 18.2 Å². The molecule has 0 spiro atoms. The number of nitrogens with one attached hydrogen (secondary N) is 1. The van der Waals surface area contributed by atoms with Gasteiger partial charge < -0.3 is 14.8 Å². The second-order valence-electron chi connectivity index (χ2n) is 5.85. The minimum absolute atomic E-state index is 0.167. The maximum atomic E-state index is 12.0. The number of halogens is 1. The summed E-state index contributed by atoms with van der Waals surface area (Å²) in [5.41, 5.74) is 1.60. The van der Waals surface area contributed by atoms with Crippen LogP contribution in [0.25, 0.3) is 6.08 Å². The first-order valence-corrected chi connectivity index (χ1v) is 8.66. The summed E-state index contributed by atoms with van der Waals surface area (Å²) in [5, 5.41) is 3.50. The van der Waals surface area contributed by atoms with E-state index in [0.29, 0.717) is 17.3 Å². The minimum atomic E-state index is -0.203. The molecule has 4 nitrogen and oxygen atoms in total. The summed E-state index contributed by atoms with van der Waals surface area (Å²) in [6.45, 7) is 1.35. The molecule has 0 bridgehead atoms. The molecule has 0 aromatic heterocycles. The Kier molecular flexibility index (Phi) is 6.09. The highest BCUT2D eigenvalue weighted by atomic mass is 35.5. The summed E-state index contributed by atoms with van der Waals surface area (Å²) in [7, 11) is 0. The number of hydrogen-bond donors (Lipinski definition) is 1. The number of benzene rings is 2. The molecule has 2 aromatic carbocycles. The molecule has 1 fully saturated rings. The molecule has 1 aliphatic rings. The molecule has 1 atom stereocenters. The third-order valence-electron chi connectivity index (χ3n) is 3.86. The van der Waals surface area contributed by atoms with Gasteiger partial charge in [-0.25, -0.2) is 0 Å². The molecule has 3 rings (SSSR count). The molecule has 1 amide bonds. The Morgan fingerprint density at radius 2 is 2.12 bits per heavy atom. The van der Waals surface area contributed by atoms with Crippen LogP contribution >= 0.6 is 11.6 Å². The Morgan fingerprint density at radius 3 is 2.88 bits per heavy atom. The lowest BCUT2D eigenvalue weighted by atomic mass is 10.2. The van der Waals surface area contributed by atoms with Crippen LogP contribution in [0.3, 0.4) is 0 Å². The molecule has 0 aliphatic carbocycles. The Labute approximate surface area is 152 Å². The Hall–Kier alpha value is -2.30. The summed E-state index contributed by atoms with van der Waals surface area (Å²) in [5.74, 6) is 0.515. The van der Waals surface area contributed by atoms with E-state index in [-0.39, 0.29) is 12.0 Å². The predicted molar refractivity (Wildman–Crippen MR) is 100 cm³/mol. The largest absolute Gasteiger partial charge is 0.491 e. The third-order valence-corrected chi connectivity index (χ3v) is 4.11. The highest BCUT2D eigenvalue weighted by Gasteiger charge is 2.15. The van der Waals surface area contributed by atoms with Gasteiger partial charge in [-0.2, -0.15) is 0 Å². The molecule has 130 valence electrons. The first-order chi connectivity index (χ1) is 12.2. The van der Waals surface area contributed by atoms with Crippen LogP contribution in [0.5, 0.6) is 5.75 Å². The SMILES string of the molecule is O=C(/C=C/c1ccc(Cl)cc1)Nc1cccc(OCC2CCCO2)c1. The highest BCUT2D eigenvalue weighted by molar-refractivity contribution is 6.30. The van der Waals surface area contributed by atoms with Crippen molar-refractivity contribution < 1.29 is 14.3 Å². The third kappa shape index (κ3) is 5.62. The molecule has 1 unspecified atom stereocenters. The maximum Gasteiger partial charge on any atom is 0.248 e. The van der Waals surface area contributed by atoms with Crippen LogP contribution in [0.2, 0.25) is 5.02 Å². The first-order valence-electron chi connectivity index (χ1n) is 8.28. The van der Waals surface area contributed by atoms with Crippen molar-refractivity contribution in [3.8, 4) is 5.75 Å². The van der Waals surface area contributed by atoms with Crippen molar-refractivity contribution in [2.75, 3.05) is 18.5 Å². The average molecular weight is 358 g/mol. The number of carbonyl (C=O) groups is 1. The Balaban J connectivity index is 1.53. The van der Waals surface area contributed by atoms with Gasteiger partial charge in [-0.15, -0.1) is 0 Å². The van der Waals surface area contributed by atoms with Crippen LogP contribution in [0.15, 0.2) is 54.6 Å².